The number of aryl methyl sites for hydroxylation is 2. The molecule has 0 aliphatic heterocycles. The van der Waals surface area contributed by atoms with Crippen LogP contribution in [0.3, 0.4) is 0 Å². The Bertz CT molecular complexity index is 575. The van der Waals surface area contributed by atoms with Crippen LogP contribution in [0.5, 0.6) is 5.75 Å². The van der Waals surface area contributed by atoms with Gasteiger partial charge in [0, 0.05) is 12.2 Å². The fraction of sp³-hybridized carbons (Fsp3) is 0.524. The van der Waals surface area contributed by atoms with Crippen molar-refractivity contribution in [1.82, 2.24) is 0 Å². The van der Waals surface area contributed by atoms with Gasteiger partial charge in [0.25, 0.3) is 0 Å². The van der Waals surface area contributed by atoms with Crippen molar-refractivity contribution in [3.05, 3.63) is 41.5 Å². The van der Waals surface area contributed by atoms with E-state index < -0.39 is 11.9 Å². The van der Waals surface area contributed by atoms with Gasteiger partial charge in [-0.25, -0.2) is 9.59 Å². The molecule has 4 nitrogen and oxygen atoms in total. The molecular weight excluding hydrogens is 316 g/mol. The summed E-state index contributed by atoms with van der Waals surface area (Å²) in [6.07, 6.45) is 10.4. The first-order valence-electron chi connectivity index (χ1n) is 9.17. The smallest absolute Gasteiger partial charge is 0.336 e. The molecule has 1 aromatic rings. The normalized spacial score (nSPS) is 10.8. The minimum Gasteiger partial charge on any atom is -0.463 e. The molecule has 0 radical (unpaired) electrons. The zero-order valence-corrected chi connectivity index (χ0v) is 15.7. The van der Waals surface area contributed by atoms with E-state index in [1.54, 1.807) is 6.07 Å². The summed E-state index contributed by atoms with van der Waals surface area (Å²) in [6, 6.07) is 5.63. The number of unbranched alkanes of at least 4 members (excludes halogenated alkanes) is 6. The summed E-state index contributed by atoms with van der Waals surface area (Å²) in [6.45, 7) is 6.38. The highest BCUT2D eigenvalue weighted by Gasteiger charge is 2.06. The largest absolute Gasteiger partial charge is 0.463 e. The average molecular weight is 346 g/mol. The summed E-state index contributed by atoms with van der Waals surface area (Å²) < 4.78 is 10.3. The van der Waals surface area contributed by atoms with E-state index in [1.165, 1.54) is 32.1 Å². The Kier molecular flexibility index (Phi) is 10.3. The van der Waals surface area contributed by atoms with Gasteiger partial charge in [-0.15, -0.1) is 0 Å². The van der Waals surface area contributed by atoms with Gasteiger partial charge < -0.3 is 9.47 Å². The van der Waals surface area contributed by atoms with Crippen molar-refractivity contribution >= 4 is 11.9 Å². The van der Waals surface area contributed by atoms with Gasteiger partial charge in [-0.05, 0) is 37.5 Å². The van der Waals surface area contributed by atoms with Crippen molar-refractivity contribution < 1.29 is 19.1 Å². The topological polar surface area (TPSA) is 52.6 Å². The summed E-state index contributed by atoms with van der Waals surface area (Å²) >= 11 is 0. The number of carbonyl (C=O) groups excluding carboxylic acids is 2. The second kappa shape index (κ2) is 12.3. The molecule has 0 unspecified atom stereocenters. The van der Waals surface area contributed by atoms with E-state index in [-0.39, 0.29) is 0 Å². The fourth-order valence-corrected chi connectivity index (χ4v) is 2.38. The molecule has 0 bridgehead atoms. The third-order valence-electron chi connectivity index (χ3n) is 3.90. The maximum Gasteiger partial charge on any atom is 0.336 e. The molecule has 0 aliphatic carbocycles. The van der Waals surface area contributed by atoms with E-state index in [0.717, 1.165) is 36.1 Å². The van der Waals surface area contributed by atoms with E-state index in [4.69, 9.17) is 9.47 Å². The lowest BCUT2D eigenvalue weighted by molar-refractivity contribution is -0.138. The second-order valence-electron chi connectivity index (χ2n) is 6.31. The van der Waals surface area contributed by atoms with E-state index in [1.807, 2.05) is 26.0 Å². The van der Waals surface area contributed by atoms with Crippen LogP contribution in [0.2, 0.25) is 0 Å². The first-order chi connectivity index (χ1) is 12.0. The molecule has 0 saturated heterocycles. The van der Waals surface area contributed by atoms with Crippen molar-refractivity contribution in [2.75, 3.05) is 6.61 Å². The molecule has 0 N–H and O–H groups in total. The number of benzene rings is 1. The van der Waals surface area contributed by atoms with Crippen LogP contribution in [-0.4, -0.2) is 18.5 Å². The Labute approximate surface area is 151 Å². The Morgan fingerprint density at radius 3 is 2.28 bits per heavy atom. The Morgan fingerprint density at radius 2 is 1.56 bits per heavy atom. The van der Waals surface area contributed by atoms with Crippen LogP contribution in [0.25, 0.3) is 0 Å². The van der Waals surface area contributed by atoms with Gasteiger partial charge in [0.1, 0.15) is 5.75 Å². The maximum atomic E-state index is 11.8. The Balaban J connectivity index is 2.20. The molecule has 4 heteroatoms. The highest BCUT2D eigenvalue weighted by Crippen LogP contribution is 2.19. The zero-order valence-electron chi connectivity index (χ0n) is 15.7. The number of hydrogen-bond donors (Lipinski definition) is 0. The lowest BCUT2D eigenvalue weighted by Crippen LogP contribution is -2.08. The third kappa shape index (κ3) is 9.70. The Morgan fingerprint density at radius 1 is 0.920 bits per heavy atom. The van der Waals surface area contributed by atoms with Crippen LogP contribution in [0, 0.1) is 13.8 Å². The van der Waals surface area contributed by atoms with Crippen molar-refractivity contribution in [3.63, 3.8) is 0 Å². The van der Waals surface area contributed by atoms with Crippen molar-refractivity contribution in [2.45, 2.75) is 65.7 Å². The van der Waals surface area contributed by atoms with Crippen LogP contribution in [0.1, 0.15) is 63.0 Å². The van der Waals surface area contributed by atoms with Gasteiger partial charge >= 0.3 is 11.9 Å². The number of esters is 2. The number of carbonyl (C=O) groups is 2. The van der Waals surface area contributed by atoms with E-state index in [2.05, 4.69) is 6.92 Å². The first-order valence-corrected chi connectivity index (χ1v) is 9.17. The summed E-state index contributed by atoms with van der Waals surface area (Å²) in [5.74, 6) is -0.587. The zero-order chi connectivity index (χ0) is 18.5. The molecule has 0 atom stereocenters. The molecule has 0 saturated carbocycles. The van der Waals surface area contributed by atoms with Crippen molar-refractivity contribution in [1.29, 1.82) is 0 Å². The Hall–Kier alpha value is -2.10. The minimum atomic E-state index is -0.582. The SMILES string of the molecule is CCCCCCCCCOC(=O)/C=C/C(=O)Oc1cc(C)ccc1C. The van der Waals surface area contributed by atoms with Crippen LogP contribution < -0.4 is 4.74 Å². The van der Waals surface area contributed by atoms with Crippen LogP contribution in [-0.2, 0) is 14.3 Å². The summed E-state index contributed by atoms with van der Waals surface area (Å²) in [5.41, 5.74) is 1.88. The summed E-state index contributed by atoms with van der Waals surface area (Å²) in [4.78, 5) is 23.3. The van der Waals surface area contributed by atoms with Crippen LogP contribution in [0.4, 0.5) is 0 Å². The van der Waals surface area contributed by atoms with Crippen molar-refractivity contribution in [3.8, 4) is 5.75 Å². The maximum absolute atomic E-state index is 11.8. The number of hydrogen-bond acceptors (Lipinski definition) is 4. The lowest BCUT2D eigenvalue weighted by Gasteiger charge is -2.06. The molecule has 1 rings (SSSR count). The number of rotatable bonds is 11. The lowest BCUT2D eigenvalue weighted by atomic mass is 10.1. The van der Waals surface area contributed by atoms with Gasteiger partial charge in [-0.1, -0.05) is 57.6 Å². The minimum absolute atomic E-state index is 0.392. The molecule has 138 valence electrons. The van der Waals surface area contributed by atoms with E-state index in [9.17, 15) is 9.59 Å². The van der Waals surface area contributed by atoms with Gasteiger partial charge in [0.2, 0.25) is 0 Å². The van der Waals surface area contributed by atoms with Gasteiger partial charge in [0.05, 0.1) is 6.61 Å². The standard InChI is InChI=1S/C21H30O4/c1-4-5-6-7-8-9-10-15-24-20(22)13-14-21(23)25-19-16-17(2)11-12-18(19)3/h11-14,16H,4-10,15H2,1-3H3/b14-13+. The molecule has 0 spiro atoms. The summed E-state index contributed by atoms with van der Waals surface area (Å²) in [5, 5.41) is 0. The monoisotopic (exact) mass is 346 g/mol. The van der Waals surface area contributed by atoms with Crippen molar-refractivity contribution in [2.24, 2.45) is 0 Å². The molecule has 0 aliphatic rings. The quantitative estimate of drug-likeness (QED) is 0.243. The third-order valence-corrected chi connectivity index (χ3v) is 3.90. The van der Waals surface area contributed by atoms with Gasteiger partial charge in [-0.2, -0.15) is 0 Å². The van der Waals surface area contributed by atoms with Gasteiger partial charge in [0.15, 0.2) is 0 Å². The predicted molar refractivity (Wildman–Crippen MR) is 99.6 cm³/mol. The molecule has 1 aromatic carbocycles. The molecule has 0 amide bonds. The highest BCUT2D eigenvalue weighted by molar-refractivity contribution is 5.92. The van der Waals surface area contributed by atoms with Crippen LogP contribution in [0.15, 0.2) is 30.4 Å². The van der Waals surface area contributed by atoms with Crippen LogP contribution >= 0.6 is 0 Å². The first kappa shape index (κ1) is 20.9. The highest BCUT2D eigenvalue weighted by atomic mass is 16.5. The average Bonchev–Trinajstić information content (AvgIpc) is 2.58. The second-order valence-corrected chi connectivity index (χ2v) is 6.31. The van der Waals surface area contributed by atoms with E-state index >= 15 is 0 Å². The molecule has 0 heterocycles. The summed E-state index contributed by atoms with van der Waals surface area (Å²) in [7, 11) is 0. The van der Waals surface area contributed by atoms with Gasteiger partial charge in [-0.3, -0.25) is 0 Å². The molecule has 25 heavy (non-hydrogen) atoms. The molecule has 0 aromatic heterocycles. The fourth-order valence-electron chi connectivity index (χ4n) is 2.38. The molecular formula is C21H30O4. The van der Waals surface area contributed by atoms with E-state index in [0.29, 0.717) is 12.4 Å². The predicted octanol–water partition coefficient (Wildman–Crippen LogP) is 5.06. The number of ether oxygens (including phenoxy) is 2. The molecule has 0 fully saturated rings.